The van der Waals surface area contributed by atoms with Crippen LogP contribution >= 0.6 is 11.3 Å². The van der Waals surface area contributed by atoms with Crippen molar-refractivity contribution in [3.8, 4) is 0 Å². The molecule has 2 bridgehead atoms. The average Bonchev–Trinajstić information content (AvgIpc) is 2.99. The largest absolute Gasteiger partial charge is 0.307 e. The van der Waals surface area contributed by atoms with E-state index >= 15 is 0 Å². The van der Waals surface area contributed by atoms with Crippen molar-refractivity contribution >= 4 is 16.3 Å². The van der Waals surface area contributed by atoms with Crippen LogP contribution in [0.4, 0.5) is 0 Å². The number of fused-ring (bicyclic) bond motifs is 4. The van der Waals surface area contributed by atoms with Crippen LogP contribution in [0.1, 0.15) is 24.2 Å². The summed E-state index contributed by atoms with van der Waals surface area (Å²) in [5, 5.41) is 5.89. The van der Waals surface area contributed by atoms with Crippen LogP contribution in [0.15, 0.2) is 11.6 Å². The summed E-state index contributed by atoms with van der Waals surface area (Å²) in [7, 11) is 0. The first kappa shape index (κ1) is 11.9. The van der Waals surface area contributed by atoms with E-state index in [1.165, 1.54) is 43.9 Å². The number of rotatable bonds is 3. The van der Waals surface area contributed by atoms with Gasteiger partial charge < -0.3 is 10.2 Å². The molecular weight excluding hydrogens is 256 g/mol. The zero-order valence-electron chi connectivity index (χ0n) is 11.3. The summed E-state index contributed by atoms with van der Waals surface area (Å²) < 4.78 is 2.23. The molecule has 0 spiro atoms. The lowest BCUT2D eigenvalue weighted by Gasteiger charge is -2.45. The highest BCUT2D eigenvalue weighted by Crippen LogP contribution is 2.28. The summed E-state index contributed by atoms with van der Waals surface area (Å²) in [6.07, 6.45) is 4.88. The van der Waals surface area contributed by atoms with Crippen molar-refractivity contribution in [3.05, 3.63) is 23.0 Å². The highest BCUT2D eigenvalue weighted by Gasteiger charge is 2.33. The molecule has 2 aromatic rings. The van der Waals surface area contributed by atoms with E-state index in [0.717, 1.165) is 17.4 Å². The number of aryl methyl sites for hydroxylation is 1. The molecule has 0 saturated carbocycles. The molecule has 5 heterocycles. The number of nitrogens with one attached hydrogen (secondary N) is 1. The second-order valence-corrected chi connectivity index (χ2v) is 6.70. The maximum atomic E-state index is 4.62. The van der Waals surface area contributed by atoms with Crippen LogP contribution in [-0.4, -0.2) is 40.0 Å². The Kier molecular flexibility index (Phi) is 2.86. The summed E-state index contributed by atoms with van der Waals surface area (Å²) in [5.74, 6) is 0.885. The Balaban J connectivity index is 1.50. The number of aromatic nitrogens is 2. The number of nitrogens with zero attached hydrogens (tertiary/aromatic N) is 3. The molecule has 3 fully saturated rings. The molecule has 0 radical (unpaired) electrons. The fourth-order valence-electron chi connectivity index (χ4n) is 3.58. The van der Waals surface area contributed by atoms with Gasteiger partial charge >= 0.3 is 0 Å². The first-order valence-electron chi connectivity index (χ1n) is 7.18. The zero-order chi connectivity index (χ0) is 12.8. The third-order valence-corrected chi connectivity index (χ3v) is 5.51. The van der Waals surface area contributed by atoms with E-state index in [1.807, 2.05) is 0 Å². The maximum absolute atomic E-state index is 4.62. The van der Waals surface area contributed by atoms with Gasteiger partial charge in [-0.25, -0.2) is 4.98 Å². The molecule has 2 aromatic heterocycles. The van der Waals surface area contributed by atoms with E-state index < -0.39 is 0 Å². The number of piperidine rings is 3. The Labute approximate surface area is 117 Å². The quantitative estimate of drug-likeness (QED) is 0.929. The Morgan fingerprint density at radius 2 is 2.26 bits per heavy atom. The minimum Gasteiger partial charge on any atom is -0.307 e. The van der Waals surface area contributed by atoms with Crippen LogP contribution in [0, 0.1) is 12.8 Å². The van der Waals surface area contributed by atoms with Crippen molar-refractivity contribution < 1.29 is 0 Å². The first-order chi connectivity index (χ1) is 9.31. The summed E-state index contributed by atoms with van der Waals surface area (Å²) in [6, 6.07) is 0.672. The number of imidazole rings is 1. The molecule has 0 amide bonds. The molecule has 5 heteroatoms. The predicted molar refractivity (Wildman–Crippen MR) is 77.6 cm³/mol. The third-order valence-electron chi connectivity index (χ3n) is 4.75. The summed E-state index contributed by atoms with van der Waals surface area (Å²) in [5.41, 5.74) is 2.49. The van der Waals surface area contributed by atoms with E-state index in [1.54, 1.807) is 11.3 Å². The Hall–Kier alpha value is -0.910. The topological polar surface area (TPSA) is 32.6 Å². The first-order valence-corrected chi connectivity index (χ1v) is 8.06. The Morgan fingerprint density at radius 3 is 3.00 bits per heavy atom. The van der Waals surface area contributed by atoms with Gasteiger partial charge in [0.15, 0.2) is 4.96 Å². The van der Waals surface area contributed by atoms with Gasteiger partial charge in [0.25, 0.3) is 0 Å². The predicted octanol–water partition coefficient (Wildman–Crippen LogP) is 1.89. The fourth-order valence-corrected chi connectivity index (χ4v) is 4.36. The van der Waals surface area contributed by atoms with E-state index in [-0.39, 0.29) is 0 Å². The van der Waals surface area contributed by atoms with Crippen LogP contribution < -0.4 is 5.32 Å². The molecule has 0 aromatic carbocycles. The molecule has 19 heavy (non-hydrogen) atoms. The van der Waals surface area contributed by atoms with E-state index in [0.29, 0.717) is 6.04 Å². The molecule has 1 unspecified atom stereocenters. The summed E-state index contributed by atoms with van der Waals surface area (Å²) in [4.78, 5) is 8.33. The molecule has 3 aliphatic rings. The lowest BCUT2D eigenvalue weighted by Crippen LogP contribution is -2.55. The van der Waals surface area contributed by atoms with Gasteiger partial charge in [0.05, 0.1) is 11.4 Å². The van der Waals surface area contributed by atoms with Gasteiger partial charge in [-0.15, -0.1) is 11.3 Å². The van der Waals surface area contributed by atoms with E-state index in [4.69, 9.17) is 0 Å². The zero-order valence-corrected chi connectivity index (χ0v) is 12.1. The minimum absolute atomic E-state index is 0.672. The summed E-state index contributed by atoms with van der Waals surface area (Å²) >= 11 is 1.71. The van der Waals surface area contributed by atoms with Crippen LogP contribution in [0.2, 0.25) is 0 Å². The van der Waals surface area contributed by atoms with Crippen molar-refractivity contribution in [2.24, 2.45) is 5.92 Å². The molecule has 0 aliphatic carbocycles. The van der Waals surface area contributed by atoms with Gasteiger partial charge in [0, 0.05) is 30.7 Å². The SMILES string of the molecule is Cc1nc2sccn2c1CNC1CN2CCC1CC2. The van der Waals surface area contributed by atoms with Crippen molar-refractivity contribution in [2.75, 3.05) is 19.6 Å². The lowest BCUT2D eigenvalue weighted by atomic mass is 9.84. The van der Waals surface area contributed by atoms with Crippen LogP contribution in [0.5, 0.6) is 0 Å². The standard InChI is InChI=1S/C14H20N4S/c1-10-13(18-6-7-19-14(18)16-10)8-15-12-9-17-4-2-11(12)3-5-17/h6-7,11-12,15H,2-5,8-9H2,1H3. The van der Waals surface area contributed by atoms with Gasteiger partial charge in [0.1, 0.15) is 0 Å². The highest BCUT2D eigenvalue weighted by molar-refractivity contribution is 7.15. The smallest absolute Gasteiger partial charge is 0.194 e. The van der Waals surface area contributed by atoms with Crippen LogP contribution in [-0.2, 0) is 6.54 Å². The lowest BCUT2D eigenvalue weighted by molar-refractivity contribution is 0.0718. The molecule has 3 aliphatic heterocycles. The van der Waals surface area contributed by atoms with Crippen molar-refractivity contribution in [1.82, 2.24) is 19.6 Å². The van der Waals surface area contributed by atoms with Gasteiger partial charge in [-0.2, -0.15) is 0 Å². The number of thiazole rings is 1. The van der Waals surface area contributed by atoms with Gasteiger partial charge in [0.2, 0.25) is 0 Å². The van der Waals surface area contributed by atoms with Gasteiger partial charge in [-0.05, 0) is 38.8 Å². The van der Waals surface area contributed by atoms with Crippen LogP contribution in [0.3, 0.4) is 0 Å². The molecule has 1 atom stereocenters. The van der Waals surface area contributed by atoms with Gasteiger partial charge in [-0.1, -0.05) is 0 Å². The normalized spacial score (nSPS) is 30.3. The Morgan fingerprint density at radius 1 is 1.42 bits per heavy atom. The molecule has 5 rings (SSSR count). The molecule has 4 nitrogen and oxygen atoms in total. The number of hydrogen-bond donors (Lipinski definition) is 1. The van der Waals surface area contributed by atoms with Crippen molar-refractivity contribution in [3.63, 3.8) is 0 Å². The molecule has 102 valence electrons. The van der Waals surface area contributed by atoms with E-state index in [9.17, 15) is 0 Å². The highest BCUT2D eigenvalue weighted by atomic mass is 32.1. The second-order valence-electron chi connectivity index (χ2n) is 5.82. The summed E-state index contributed by atoms with van der Waals surface area (Å²) in [6.45, 7) is 6.91. The maximum Gasteiger partial charge on any atom is 0.194 e. The average molecular weight is 276 g/mol. The number of hydrogen-bond acceptors (Lipinski definition) is 4. The molecular formula is C14H20N4S. The van der Waals surface area contributed by atoms with Crippen molar-refractivity contribution in [2.45, 2.75) is 32.4 Å². The Bertz CT molecular complexity index is 579. The van der Waals surface area contributed by atoms with Crippen molar-refractivity contribution in [1.29, 1.82) is 0 Å². The molecule has 3 saturated heterocycles. The monoisotopic (exact) mass is 276 g/mol. The minimum atomic E-state index is 0.672. The molecule has 1 N–H and O–H groups in total. The van der Waals surface area contributed by atoms with E-state index in [2.05, 4.69) is 38.1 Å². The van der Waals surface area contributed by atoms with Crippen LogP contribution in [0.25, 0.3) is 4.96 Å². The van der Waals surface area contributed by atoms with Gasteiger partial charge in [-0.3, -0.25) is 4.40 Å². The third kappa shape index (κ3) is 2.00. The fraction of sp³-hybridized carbons (Fsp3) is 0.643. The second kappa shape index (κ2) is 4.58.